The molecule has 0 aliphatic heterocycles. The Kier molecular flexibility index (Phi) is 13.4. The molecule has 34 aromatic rings. The molecule has 0 amide bonds. The first kappa shape index (κ1) is 70.7. The smallest absolute Gasteiger partial charge is 0.160 e. The minimum Gasteiger partial charge on any atom is -0.456 e. The van der Waals surface area contributed by atoms with Gasteiger partial charge in [0, 0.05) is 156 Å². The molecule has 0 bridgehead atoms. The minimum absolute atomic E-state index is 0.655. The lowest BCUT2D eigenvalue weighted by atomic mass is 9.95. The number of nitriles is 1. The van der Waals surface area contributed by atoms with E-state index >= 15 is 0 Å². The monoisotopic (exact) mass is 1710 g/mol. The van der Waals surface area contributed by atoms with Crippen LogP contribution in [-0.4, -0.2) is 13.2 Å². The van der Waals surface area contributed by atoms with E-state index < -0.39 is 0 Å². The number of rotatable bonds is 3. The molecule has 0 saturated heterocycles. The van der Waals surface area contributed by atoms with Gasteiger partial charge in [-0.25, -0.2) is 0 Å². The van der Waals surface area contributed by atoms with Crippen molar-refractivity contribution in [3.05, 3.63) is 369 Å². The molecule has 134 heavy (non-hydrogen) atoms. The van der Waals surface area contributed by atoms with Gasteiger partial charge in [0.2, 0.25) is 0 Å². The molecule has 0 atom stereocenters. The zero-order valence-corrected chi connectivity index (χ0v) is 71.1. The quantitative estimate of drug-likeness (QED) is 0.169. The summed E-state index contributed by atoms with van der Waals surface area (Å²) in [7, 11) is 0. The molecule has 0 spiro atoms. The standard InChI is InChI=1S/2C42H21NO3.C38H20N2O2/c1-5-11-35-24(7-1)29-16-14-27-32-20-23(22-13-18-37-31(19-22)26-9-3-4-10-34(26)44-37)21-33-28-15-17-30-25-8-2-6-12-36(25)46-42(30)40(28)43(38(32)33)39(27)41(29)45-35;1-4-13-34-24(8-1)29-12-7-11-23(40(29)44-34)22-20-32-27-16-18-30-25-9-2-5-14-35(25)45-41(30)38(27)43-37(32)33(21-22)28-17-19-31-26-10-3-6-15-36(26)46-42(31)39(28)43;1-20-10-11-21(19-39)16-29(20)22-17-30-25-12-14-27-23-6-2-4-8-32(23)41-37(27)35(25)40-34(30)31(18-22)26-13-15-28-24-7-3-5-9-33(24)42-38(28)36(26)40/h2*1-21H;2-18H,1H3. The third-order valence-corrected chi connectivity index (χ3v) is 29.3. The van der Waals surface area contributed by atoms with Crippen molar-refractivity contribution in [3.63, 3.8) is 0 Å². The highest BCUT2D eigenvalue weighted by Gasteiger charge is 2.32. The second-order valence-corrected chi connectivity index (χ2v) is 36.1. The van der Waals surface area contributed by atoms with E-state index in [1.54, 1.807) is 0 Å². The lowest BCUT2D eigenvalue weighted by molar-refractivity contribution is 0.668. The molecule has 0 fully saturated rings. The Balaban J connectivity index is 0.0000000925. The predicted octanol–water partition coefficient (Wildman–Crippen LogP) is 34.9. The first-order valence-corrected chi connectivity index (χ1v) is 45.3. The fraction of sp³-hybridized carbons (Fsp3) is 0.00820. The van der Waals surface area contributed by atoms with E-state index in [-0.39, 0.29) is 0 Å². The van der Waals surface area contributed by atoms with E-state index in [1.165, 1.54) is 43.4 Å². The topological polar surface area (TPSA) is 142 Å². The van der Waals surface area contributed by atoms with Gasteiger partial charge in [-0.05, 0) is 186 Å². The highest BCUT2D eigenvalue weighted by atomic mass is 16.4. The van der Waals surface area contributed by atoms with Crippen LogP contribution in [0.3, 0.4) is 0 Å². The molecule has 34 rings (SSSR count). The van der Waals surface area contributed by atoms with Crippen molar-refractivity contribution in [1.82, 2.24) is 13.2 Å². The van der Waals surface area contributed by atoms with Crippen LogP contribution < -0.4 is 0 Å². The van der Waals surface area contributed by atoms with Crippen molar-refractivity contribution in [2.75, 3.05) is 0 Å². The molecule has 618 valence electrons. The molecular formula is C122H62N4O8. The van der Waals surface area contributed by atoms with Gasteiger partial charge >= 0.3 is 0 Å². The zero-order valence-electron chi connectivity index (χ0n) is 71.1. The fourth-order valence-corrected chi connectivity index (χ4v) is 23.5. The van der Waals surface area contributed by atoms with Crippen LogP contribution in [0, 0.1) is 18.3 Å². The van der Waals surface area contributed by atoms with Gasteiger partial charge in [0.1, 0.15) is 55.8 Å². The van der Waals surface area contributed by atoms with E-state index in [4.69, 9.17) is 35.3 Å². The van der Waals surface area contributed by atoms with Crippen molar-refractivity contribution in [2.24, 2.45) is 0 Å². The molecule has 20 aromatic carbocycles. The Labute approximate surface area is 754 Å². The lowest BCUT2D eigenvalue weighted by Gasteiger charge is -2.08. The molecule has 12 nitrogen and oxygen atoms in total. The first-order valence-electron chi connectivity index (χ1n) is 45.3. The summed E-state index contributed by atoms with van der Waals surface area (Å²) in [6.07, 6.45) is 0. The lowest BCUT2D eigenvalue weighted by Crippen LogP contribution is -1.86. The molecule has 0 saturated carbocycles. The number of hydrogen-bond acceptors (Lipinski definition) is 9. The summed E-state index contributed by atoms with van der Waals surface area (Å²) >= 11 is 0. The maximum absolute atomic E-state index is 9.67. The van der Waals surface area contributed by atoms with Gasteiger partial charge in [-0.1, -0.05) is 212 Å². The van der Waals surface area contributed by atoms with Crippen LogP contribution in [0.15, 0.2) is 393 Å². The SMILES string of the molecule is Cc1ccc(C#N)cc1-c1cc2c3ccc4c5ccccc5oc4c3n3c2c(c1)c1ccc2c4ccccc4oc2c13.c1ccc2c(c1)oc1c(-c3cc4c5ccc6c7ccccc7oc6c5n5c4c(c3)c3ccc4c6ccccc6oc4c35)cccc12.c1ccc2c(c1)oc1ccc(-c3cc4c5ccc6c7ccccc7oc6c5n5c4c(c3)c3ccc4c6ccccc6oc4c35)cc12. The molecule has 0 aliphatic rings. The second-order valence-electron chi connectivity index (χ2n) is 36.1. The highest BCUT2D eigenvalue weighted by Crippen LogP contribution is 2.54. The number of furan rings is 8. The average Bonchev–Trinajstić information content (AvgIpc) is 1.52. The van der Waals surface area contributed by atoms with Crippen molar-refractivity contribution < 1.29 is 35.3 Å². The third kappa shape index (κ3) is 9.13. The fourth-order valence-electron chi connectivity index (χ4n) is 23.5. The summed E-state index contributed by atoms with van der Waals surface area (Å²) in [5.41, 5.74) is 32.6. The van der Waals surface area contributed by atoms with Crippen molar-refractivity contribution in [1.29, 1.82) is 5.26 Å². The molecule has 14 heterocycles. The van der Waals surface area contributed by atoms with E-state index in [2.05, 4.69) is 293 Å². The summed E-state index contributed by atoms with van der Waals surface area (Å²) in [4.78, 5) is 0. The van der Waals surface area contributed by atoms with Gasteiger partial charge in [0.15, 0.2) is 33.5 Å². The van der Waals surface area contributed by atoms with Crippen LogP contribution in [0.1, 0.15) is 11.1 Å². The largest absolute Gasteiger partial charge is 0.456 e. The highest BCUT2D eigenvalue weighted by molar-refractivity contribution is 6.37. The predicted molar refractivity (Wildman–Crippen MR) is 547 cm³/mol. The van der Waals surface area contributed by atoms with Gasteiger partial charge < -0.3 is 48.5 Å². The van der Waals surface area contributed by atoms with Crippen LogP contribution in [0.4, 0.5) is 0 Å². The summed E-state index contributed by atoms with van der Waals surface area (Å²) in [6, 6.07) is 128. The number of nitrogens with zero attached hydrogens (tertiary/aromatic N) is 4. The Morgan fingerprint density at radius 2 is 0.418 bits per heavy atom. The zero-order chi connectivity index (χ0) is 87.0. The van der Waals surface area contributed by atoms with Gasteiger partial charge in [-0.2, -0.15) is 5.26 Å². The molecule has 0 radical (unpaired) electrons. The van der Waals surface area contributed by atoms with E-state index in [0.717, 1.165) is 285 Å². The average molecular weight is 1710 g/mol. The number of fused-ring (bicyclic) bond motifs is 48. The third-order valence-electron chi connectivity index (χ3n) is 29.3. The summed E-state index contributed by atoms with van der Waals surface area (Å²) in [5.74, 6) is 0. The second kappa shape index (κ2) is 25.4. The Morgan fingerprint density at radius 1 is 0.172 bits per heavy atom. The number of benzene rings is 20. The molecule has 0 aliphatic carbocycles. The van der Waals surface area contributed by atoms with Crippen molar-refractivity contribution in [3.8, 4) is 39.4 Å². The Bertz CT molecular complexity index is 10900. The molecular weight excluding hydrogens is 1650 g/mol. The first-order chi connectivity index (χ1) is 66.3. The Morgan fingerprint density at radius 3 is 0.739 bits per heavy atom. The van der Waals surface area contributed by atoms with E-state index in [1.807, 2.05) is 91.0 Å². The van der Waals surface area contributed by atoms with Gasteiger partial charge in [0.25, 0.3) is 0 Å². The Hall–Kier alpha value is -18.3. The van der Waals surface area contributed by atoms with E-state index in [0.29, 0.717) is 5.56 Å². The maximum Gasteiger partial charge on any atom is 0.160 e. The van der Waals surface area contributed by atoms with Crippen LogP contribution in [0.2, 0.25) is 0 Å². The molecule has 0 N–H and O–H groups in total. The molecule has 12 heteroatoms. The van der Waals surface area contributed by atoms with Crippen LogP contribution in [0.25, 0.3) is 323 Å². The van der Waals surface area contributed by atoms with Crippen LogP contribution in [0.5, 0.6) is 0 Å². The summed E-state index contributed by atoms with van der Waals surface area (Å²) < 4.78 is 59.8. The van der Waals surface area contributed by atoms with Crippen molar-refractivity contribution >= 4 is 290 Å². The van der Waals surface area contributed by atoms with Crippen LogP contribution in [-0.2, 0) is 0 Å². The van der Waals surface area contributed by atoms with Crippen molar-refractivity contribution in [2.45, 2.75) is 6.92 Å². The number of aromatic nitrogens is 3. The normalized spacial score (nSPS) is 12.7. The van der Waals surface area contributed by atoms with Gasteiger partial charge in [-0.3, -0.25) is 0 Å². The minimum atomic E-state index is 0.655. The van der Waals surface area contributed by atoms with E-state index in [9.17, 15) is 5.26 Å². The number of para-hydroxylation sites is 9. The van der Waals surface area contributed by atoms with Gasteiger partial charge in [-0.15, -0.1) is 0 Å². The maximum atomic E-state index is 9.67. The summed E-state index contributed by atoms with van der Waals surface area (Å²) in [5, 5.41) is 41.5. The summed E-state index contributed by atoms with van der Waals surface area (Å²) in [6.45, 7) is 2.10. The number of aryl methyl sites for hydroxylation is 1. The van der Waals surface area contributed by atoms with Gasteiger partial charge in [0.05, 0.1) is 61.3 Å². The molecule has 14 aromatic heterocycles. The number of hydrogen-bond donors (Lipinski definition) is 0. The molecule has 0 unspecified atom stereocenters. The van der Waals surface area contributed by atoms with Crippen LogP contribution >= 0.6 is 0 Å².